The lowest BCUT2D eigenvalue weighted by atomic mass is 10.1. The molecule has 2 N–H and O–H groups in total. The van der Waals surface area contributed by atoms with Crippen LogP contribution in [0.3, 0.4) is 0 Å². The number of hydrogen-bond acceptors (Lipinski definition) is 4. The zero-order chi connectivity index (χ0) is 21.6. The standard InChI is InChI=1S/C23H25F3N4/c1-3-5-8-17-9-6-7-10-20(17)29-21-19(23(24,25)26)15-27-22(30-21)28-18-13-11-16(4-2)12-14-18/h6-7,9-15H,3-5,8H2,1-2H3,(H2,27,28,29,30). The van der Waals surface area contributed by atoms with Crippen LogP contribution in [0.4, 0.5) is 36.3 Å². The number of rotatable bonds is 8. The summed E-state index contributed by atoms with van der Waals surface area (Å²) >= 11 is 0. The van der Waals surface area contributed by atoms with Crippen molar-refractivity contribution in [3.63, 3.8) is 0 Å². The monoisotopic (exact) mass is 414 g/mol. The van der Waals surface area contributed by atoms with Gasteiger partial charge < -0.3 is 10.6 Å². The van der Waals surface area contributed by atoms with Crippen molar-refractivity contribution < 1.29 is 13.2 Å². The van der Waals surface area contributed by atoms with E-state index in [4.69, 9.17) is 0 Å². The largest absolute Gasteiger partial charge is 0.421 e. The van der Waals surface area contributed by atoms with E-state index in [-0.39, 0.29) is 11.8 Å². The second kappa shape index (κ2) is 9.61. The molecule has 0 amide bonds. The Kier molecular flexibility index (Phi) is 6.92. The quantitative estimate of drug-likeness (QED) is 0.421. The van der Waals surface area contributed by atoms with Crippen LogP contribution in [0.5, 0.6) is 0 Å². The molecule has 3 rings (SSSR count). The summed E-state index contributed by atoms with van der Waals surface area (Å²) in [4.78, 5) is 8.02. The first-order valence-corrected chi connectivity index (χ1v) is 10.1. The van der Waals surface area contributed by atoms with Gasteiger partial charge in [0.1, 0.15) is 11.4 Å². The highest BCUT2D eigenvalue weighted by Crippen LogP contribution is 2.36. The summed E-state index contributed by atoms with van der Waals surface area (Å²) in [6.45, 7) is 4.13. The Balaban J connectivity index is 1.92. The van der Waals surface area contributed by atoms with Crippen LogP contribution in [-0.2, 0) is 19.0 Å². The number of anilines is 4. The molecule has 0 unspecified atom stereocenters. The van der Waals surface area contributed by atoms with Gasteiger partial charge in [0.2, 0.25) is 5.95 Å². The van der Waals surface area contributed by atoms with Crippen molar-refractivity contribution in [2.45, 2.75) is 45.7 Å². The number of benzene rings is 2. The molecule has 0 saturated carbocycles. The fraction of sp³-hybridized carbons (Fsp3) is 0.304. The molecule has 2 aromatic carbocycles. The Hall–Kier alpha value is -3.09. The summed E-state index contributed by atoms with van der Waals surface area (Å²) in [7, 11) is 0. The van der Waals surface area contributed by atoms with Crippen LogP contribution < -0.4 is 10.6 Å². The number of hydrogen-bond donors (Lipinski definition) is 2. The van der Waals surface area contributed by atoms with Crippen molar-refractivity contribution in [1.29, 1.82) is 0 Å². The van der Waals surface area contributed by atoms with Crippen LogP contribution >= 0.6 is 0 Å². The van der Waals surface area contributed by atoms with Crippen molar-refractivity contribution in [3.05, 3.63) is 71.4 Å². The van der Waals surface area contributed by atoms with Crippen molar-refractivity contribution in [3.8, 4) is 0 Å². The maximum Gasteiger partial charge on any atom is 0.421 e. The summed E-state index contributed by atoms with van der Waals surface area (Å²) in [5.41, 5.74) is 2.55. The van der Waals surface area contributed by atoms with E-state index in [9.17, 15) is 13.2 Å². The summed E-state index contributed by atoms with van der Waals surface area (Å²) in [5.74, 6) is -0.171. The first-order valence-electron chi connectivity index (χ1n) is 10.1. The molecule has 30 heavy (non-hydrogen) atoms. The Labute approximate surface area is 174 Å². The Morgan fingerprint density at radius 1 is 0.933 bits per heavy atom. The van der Waals surface area contributed by atoms with E-state index in [1.54, 1.807) is 12.1 Å². The molecule has 0 aliphatic rings. The van der Waals surface area contributed by atoms with Crippen molar-refractivity contribution in [1.82, 2.24) is 9.97 Å². The maximum atomic E-state index is 13.6. The highest BCUT2D eigenvalue weighted by atomic mass is 19.4. The predicted molar refractivity (Wildman–Crippen MR) is 114 cm³/mol. The van der Waals surface area contributed by atoms with Crippen LogP contribution in [0.25, 0.3) is 0 Å². The zero-order valence-corrected chi connectivity index (χ0v) is 17.1. The number of nitrogens with one attached hydrogen (secondary N) is 2. The van der Waals surface area contributed by atoms with Crippen molar-refractivity contribution >= 4 is 23.1 Å². The first-order chi connectivity index (χ1) is 14.4. The van der Waals surface area contributed by atoms with Gasteiger partial charge in [-0.3, -0.25) is 0 Å². The number of alkyl halides is 3. The summed E-state index contributed by atoms with van der Waals surface area (Å²) in [6.07, 6.45) is -0.117. The molecular weight excluding hydrogens is 389 g/mol. The average Bonchev–Trinajstić information content (AvgIpc) is 2.73. The smallest absolute Gasteiger partial charge is 0.339 e. The van der Waals surface area contributed by atoms with Gasteiger partial charge in [0.05, 0.1) is 0 Å². The second-order valence-electron chi connectivity index (χ2n) is 7.01. The van der Waals surface area contributed by atoms with Crippen LogP contribution in [0.15, 0.2) is 54.7 Å². The van der Waals surface area contributed by atoms with E-state index in [2.05, 4.69) is 34.4 Å². The molecule has 3 aromatic rings. The third kappa shape index (κ3) is 5.49. The lowest BCUT2D eigenvalue weighted by Crippen LogP contribution is -2.13. The molecule has 0 fully saturated rings. The van der Waals surface area contributed by atoms with Gasteiger partial charge in [0.15, 0.2) is 0 Å². The van der Waals surface area contributed by atoms with Crippen molar-refractivity contribution in [2.24, 2.45) is 0 Å². The molecule has 158 valence electrons. The average molecular weight is 414 g/mol. The number of halogens is 3. The van der Waals surface area contributed by atoms with Crippen molar-refractivity contribution in [2.75, 3.05) is 10.6 Å². The van der Waals surface area contributed by atoms with Gasteiger partial charge in [-0.25, -0.2) is 4.98 Å². The third-order valence-corrected chi connectivity index (χ3v) is 4.78. The molecule has 1 heterocycles. The minimum atomic E-state index is -4.57. The predicted octanol–water partition coefficient (Wildman–Crippen LogP) is 6.89. The number of unbranched alkanes of at least 4 members (excludes halogenated alkanes) is 1. The molecule has 0 radical (unpaired) electrons. The van der Waals surface area contributed by atoms with Gasteiger partial charge >= 0.3 is 6.18 Å². The van der Waals surface area contributed by atoms with Crippen LogP contribution in [0, 0.1) is 0 Å². The van der Waals surface area contributed by atoms with Gasteiger partial charge in [0, 0.05) is 17.6 Å². The highest BCUT2D eigenvalue weighted by molar-refractivity contribution is 5.65. The highest BCUT2D eigenvalue weighted by Gasteiger charge is 2.35. The van der Waals surface area contributed by atoms with Gasteiger partial charge in [-0.2, -0.15) is 18.2 Å². The minimum Gasteiger partial charge on any atom is -0.339 e. The van der Waals surface area contributed by atoms with E-state index in [0.717, 1.165) is 37.4 Å². The van der Waals surface area contributed by atoms with Crippen LogP contribution in [0.1, 0.15) is 43.4 Å². The van der Waals surface area contributed by atoms with E-state index in [0.29, 0.717) is 11.4 Å². The molecule has 0 saturated heterocycles. The number of para-hydroxylation sites is 1. The van der Waals surface area contributed by atoms with Gasteiger partial charge in [-0.1, -0.05) is 50.6 Å². The summed E-state index contributed by atoms with van der Waals surface area (Å²) < 4.78 is 40.7. The lowest BCUT2D eigenvalue weighted by Gasteiger charge is -2.17. The van der Waals surface area contributed by atoms with E-state index >= 15 is 0 Å². The third-order valence-electron chi connectivity index (χ3n) is 4.78. The molecule has 0 aliphatic carbocycles. The van der Waals surface area contributed by atoms with Crippen LogP contribution in [0.2, 0.25) is 0 Å². The number of nitrogens with zero attached hydrogens (tertiary/aromatic N) is 2. The van der Waals surface area contributed by atoms with Gasteiger partial charge in [-0.15, -0.1) is 0 Å². The molecule has 1 aromatic heterocycles. The second-order valence-corrected chi connectivity index (χ2v) is 7.01. The fourth-order valence-corrected chi connectivity index (χ4v) is 3.05. The fourth-order valence-electron chi connectivity index (χ4n) is 3.05. The molecule has 0 atom stereocenters. The summed E-state index contributed by atoms with van der Waals surface area (Å²) in [5, 5.41) is 5.87. The molecule has 7 heteroatoms. The van der Waals surface area contributed by atoms with E-state index in [1.807, 2.05) is 36.4 Å². The Morgan fingerprint density at radius 2 is 1.67 bits per heavy atom. The Morgan fingerprint density at radius 3 is 2.33 bits per heavy atom. The van der Waals surface area contributed by atoms with Crippen LogP contribution in [-0.4, -0.2) is 9.97 Å². The topological polar surface area (TPSA) is 49.8 Å². The molecular formula is C23H25F3N4. The molecule has 0 aliphatic heterocycles. The normalized spacial score (nSPS) is 11.4. The van der Waals surface area contributed by atoms with E-state index < -0.39 is 11.7 Å². The molecule has 0 spiro atoms. The molecule has 4 nitrogen and oxygen atoms in total. The molecule has 0 bridgehead atoms. The van der Waals surface area contributed by atoms with Gasteiger partial charge in [0.25, 0.3) is 0 Å². The Bertz CT molecular complexity index is 969. The number of aromatic nitrogens is 2. The maximum absolute atomic E-state index is 13.6. The lowest BCUT2D eigenvalue weighted by molar-refractivity contribution is -0.137. The SMILES string of the molecule is CCCCc1ccccc1Nc1nc(Nc2ccc(CC)cc2)ncc1C(F)(F)F. The van der Waals surface area contributed by atoms with Gasteiger partial charge in [-0.05, 0) is 48.6 Å². The number of aryl methyl sites for hydroxylation is 2. The minimum absolute atomic E-state index is 0.0980. The zero-order valence-electron chi connectivity index (χ0n) is 17.1. The summed E-state index contributed by atoms with van der Waals surface area (Å²) in [6, 6.07) is 15.0. The first kappa shape index (κ1) is 21.6. The van der Waals surface area contributed by atoms with E-state index in [1.165, 1.54) is 5.56 Å².